The van der Waals surface area contributed by atoms with Crippen molar-refractivity contribution in [2.75, 3.05) is 7.11 Å². The fourth-order valence-corrected chi connectivity index (χ4v) is 2.00. The van der Waals surface area contributed by atoms with E-state index >= 15 is 0 Å². The molecule has 2 aromatic carbocycles. The van der Waals surface area contributed by atoms with Crippen molar-refractivity contribution in [2.45, 2.75) is 13.3 Å². The van der Waals surface area contributed by atoms with E-state index in [2.05, 4.69) is 0 Å². The zero-order chi connectivity index (χ0) is 15.2. The Morgan fingerprint density at radius 2 is 2.05 bits per heavy atom. The summed E-state index contributed by atoms with van der Waals surface area (Å²) in [6.07, 6.45) is 0.113. The van der Waals surface area contributed by atoms with Crippen LogP contribution in [0.3, 0.4) is 0 Å². The van der Waals surface area contributed by atoms with Crippen molar-refractivity contribution in [1.82, 2.24) is 0 Å². The molecule has 0 saturated carbocycles. The van der Waals surface area contributed by atoms with Crippen molar-refractivity contribution in [3.05, 3.63) is 59.2 Å². The van der Waals surface area contributed by atoms with Crippen LogP contribution in [0.4, 0.5) is 0 Å². The summed E-state index contributed by atoms with van der Waals surface area (Å²) >= 11 is 0. The summed E-state index contributed by atoms with van der Waals surface area (Å²) < 4.78 is 10.5. The number of rotatable bonds is 4. The molecule has 0 aliphatic heterocycles. The summed E-state index contributed by atoms with van der Waals surface area (Å²) in [7, 11) is 1.57. The van der Waals surface area contributed by atoms with Crippen LogP contribution in [0.2, 0.25) is 0 Å². The Labute approximate surface area is 123 Å². The minimum atomic E-state index is -0.394. The van der Waals surface area contributed by atoms with Gasteiger partial charge in [0.2, 0.25) is 0 Å². The van der Waals surface area contributed by atoms with Crippen LogP contribution in [0.15, 0.2) is 42.5 Å². The largest absolute Gasteiger partial charge is 0.496 e. The van der Waals surface area contributed by atoms with Gasteiger partial charge < -0.3 is 9.47 Å². The molecule has 0 spiro atoms. The van der Waals surface area contributed by atoms with Gasteiger partial charge in [0.1, 0.15) is 11.5 Å². The molecule has 0 aliphatic rings. The van der Waals surface area contributed by atoms with Crippen LogP contribution in [0.25, 0.3) is 0 Å². The van der Waals surface area contributed by atoms with Gasteiger partial charge >= 0.3 is 5.97 Å². The number of aryl methyl sites for hydroxylation is 1. The minimum Gasteiger partial charge on any atom is -0.496 e. The van der Waals surface area contributed by atoms with Crippen molar-refractivity contribution >= 4 is 5.97 Å². The van der Waals surface area contributed by atoms with Crippen molar-refractivity contribution in [2.24, 2.45) is 0 Å². The van der Waals surface area contributed by atoms with E-state index in [1.54, 1.807) is 25.3 Å². The third kappa shape index (κ3) is 3.83. The number of ether oxygens (including phenoxy) is 2. The van der Waals surface area contributed by atoms with Gasteiger partial charge in [-0.2, -0.15) is 5.26 Å². The molecular weight excluding hydrogens is 266 g/mol. The second-order valence-corrected chi connectivity index (χ2v) is 4.61. The fraction of sp³-hybridized carbons (Fsp3) is 0.176. The fourth-order valence-electron chi connectivity index (χ4n) is 2.00. The standard InChI is InChI=1S/C17H15NO3/c1-12-6-7-16(20-2)14(8-12)10-17(19)21-15-5-3-4-13(9-15)11-18/h3-9H,10H2,1-2H3. The monoisotopic (exact) mass is 281 g/mol. The molecule has 4 nitrogen and oxygen atoms in total. The van der Waals surface area contributed by atoms with Crippen LogP contribution in [0.1, 0.15) is 16.7 Å². The second-order valence-electron chi connectivity index (χ2n) is 4.61. The molecule has 0 fully saturated rings. The summed E-state index contributed by atoms with van der Waals surface area (Å²) in [4.78, 5) is 12.0. The molecule has 2 rings (SSSR count). The minimum absolute atomic E-state index is 0.113. The lowest BCUT2D eigenvalue weighted by Crippen LogP contribution is -2.12. The zero-order valence-electron chi connectivity index (χ0n) is 11.9. The summed E-state index contributed by atoms with van der Waals surface area (Å²) in [5.41, 5.74) is 2.28. The zero-order valence-corrected chi connectivity index (χ0v) is 11.9. The van der Waals surface area contributed by atoms with Crippen LogP contribution in [0, 0.1) is 18.3 Å². The van der Waals surface area contributed by atoms with E-state index in [-0.39, 0.29) is 6.42 Å². The maximum atomic E-state index is 12.0. The number of nitriles is 1. The van der Waals surface area contributed by atoms with E-state index in [0.717, 1.165) is 11.1 Å². The predicted molar refractivity (Wildman–Crippen MR) is 78.2 cm³/mol. The average molecular weight is 281 g/mol. The predicted octanol–water partition coefficient (Wildman–Crippen LogP) is 3.02. The Hall–Kier alpha value is -2.80. The molecule has 4 heteroatoms. The Morgan fingerprint density at radius 1 is 1.24 bits per heavy atom. The molecule has 21 heavy (non-hydrogen) atoms. The van der Waals surface area contributed by atoms with Gasteiger partial charge in [-0.1, -0.05) is 23.8 Å². The van der Waals surface area contributed by atoms with Crippen LogP contribution in [-0.2, 0) is 11.2 Å². The average Bonchev–Trinajstić information content (AvgIpc) is 2.47. The van der Waals surface area contributed by atoms with E-state index in [1.165, 1.54) is 6.07 Å². The van der Waals surface area contributed by atoms with Gasteiger partial charge in [0.25, 0.3) is 0 Å². The molecule has 2 aromatic rings. The van der Waals surface area contributed by atoms with E-state index in [4.69, 9.17) is 14.7 Å². The smallest absolute Gasteiger partial charge is 0.315 e. The number of nitrogens with zero attached hydrogens (tertiary/aromatic N) is 1. The van der Waals surface area contributed by atoms with Gasteiger partial charge in [0.15, 0.2) is 0 Å². The number of benzene rings is 2. The van der Waals surface area contributed by atoms with Gasteiger partial charge in [-0.15, -0.1) is 0 Å². The highest BCUT2D eigenvalue weighted by Crippen LogP contribution is 2.21. The summed E-state index contributed by atoms with van der Waals surface area (Å²) in [6.45, 7) is 1.95. The lowest BCUT2D eigenvalue weighted by molar-refractivity contribution is -0.133. The molecule has 0 atom stereocenters. The molecule has 0 heterocycles. The Morgan fingerprint density at radius 3 is 2.76 bits per heavy atom. The van der Waals surface area contributed by atoms with Gasteiger partial charge in [-0.3, -0.25) is 4.79 Å². The van der Waals surface area contributed by atoms with Crippen LogP contribution in [-0.4, -0.2) is 13.1 Å². The molecular formula is C17H15NO3. The molecule has 0 unspecified atom stereocenters. The highest BCUT2D eigenvalue weighted by molar-refractivity contribution is 5.76. The molecule has 106 valence electrons. The molecule has 0 N–H and O–H groups in total. The third-order valence-corrected chi connectivity index (χ3v) is 2.97. The number of methoxy groups -OCH3 is 1. The van der Waals surface area contributed by atoms with Crippen molar-refractivity contribution in [3.8, 4) is 17.6 Å². The topological polar surface area (TPSA) is 59.3 Å². The molecule has 0 amide bonds. The first-order valence-corrected chi connectivity index (χ1v) is 6.46. The highest BCUT2D eigenvalue weighted by atomic mass is 16.5. The SMILES string of the molecule is COc1ccc(C)cc1CC(=O)Oc1cccc(C#N)c1. The van der Waals surface area contributed by atoms with Crippen LogP contribution < -0.4 is 9.47 Å². The normalized spacial score (nSPS) is 9.76. The maximum absolute atomic E-state index is 12.0. The first kappa shape index (κ1) is 14.6. The van der Waals surface area contributed by atoms with Crippen molar-refractivity contribution in [1.29, 1.82) is 5.26 Å². The number of hydrogen-bond acceptors (Lipinski definition) is 4. The van der Waals surface area contributed by atoms with Gasteiger partial charge in [0.05, 0.1) is 25.2 Å². The van der Waals surface area contributed by atoms with E-state index in [9.17, 15) is 4.79 Å². The summed E-state index contributed by atoms with van der Waals surface area (Å²) in [5.74, 6) is 0.628. The van der Waals surface area contributed by atoms with Crippen LogP contribution in [0.5, 0.6) is 11.5 Å². The van der Waals surface area contributed by atoms with E-state index < -0.39 is 5.97 Å². The molecule has 0 aromatic heterocycles. The van der Waals surface area contributed by atoms with Crippen LogP contribution >= 0.6 is 0 Å². The number of hydrogen-bond donors (Lipinski definition) is 0. The van der Waals surface area contributed by atoms with Gasteiger partial charge in [0, 0.05) is 5.56 Å². The molecule has 0 bridgehead atoms. The Kier molecular flexibility index (Phi) is 4.57. The number of esters is 1. The van der Waals surface area contributed by atoms with Gasteiger partial charge in [-0.25, -0.2) is 0 Å². The maximum Gasteiger partial charge on any atom is 0.315 e. The number of carbonyl (C=O) groups is 1. The lowest BCUT2D eigenvalue weighted by Gasteiger charge is -2.09. The molecule has 0 radical (unpaired) electrons. The summed E-state index contributed by atoms with van der Waals surface area (Å²) in [5, 5.41) is 8.82. The van der Waals surface area contributed by atoms with E-state index in [1.807, 2.05) is 31.2 Å². The van der Waals surface area contributed by atoms with Crippen molar-refractivity contribution in [3.63, 3.8) is 0 Å². The van der Waals surface area contributed by atoms with E-state index in [0.29, 0.717) is 17.1 Å². The molecule has 0 saturated heterocycles. The Balaban J connectivity index is 2.11. The second kappa shape index (κ2) is 6.58. The first-order chi connectivity index (χ1) is 10.1. The summed E-state index contributed by atoms with van der Waals surface area (Å²) in [6, 6.07) is 14.2. The first-order valence-electron chi connectivity index (χ1n) is 6.46. The van der Waals surface area contributed by atoms with Gasteiger partial charge in [-0.05, 0) is 31.2 Å². The third-order valence-electron chi connectivity index (χ3n) is 2.97. The quantitative estimate of drug-likeness (QED) is 0.638. The van der Waals surface area contributed by atoms with Crippen molar-refractivity contribution < 1.29 is 14.3 Å². The molecule has 0 aliphatic carbocycles. The highest BCUT2D eigenvalue weighted by Gasteiger charge is 2.11. The lowest BCUT2D eigenvalue weighted by atomic mass is 10.1. The Bertz CT molecular complexity index is 701. The number of carbonyl (C=O) groups excluding carboxylic acids is 1.